The topological polar surface area (TPSA) is 78.4 Å². The van der Waals surface area contributed by atoms with Crippen LogP contribution in [-0.4, -0.2) is 29.0 Å². The zero-order valence-corrected chi connectivity index (χ0v) is 9.43. The molecule has 0 saturated carbocycles. The van der Waals surface area contributed by atoms with Crippen LogP contribution in [0.3, 0.4) is 0 Å². The fourth-order valence-corrected chi connectivity index (χ4v) is 1.75. The Morgan fingerprint density at radius 1 is 1.12 bits per heavy atom. The highest BCUT2D eigenvalue weighted by Gasteiger charge is 2.30. The van der Waals surface area contributed by atoms with E-state index in [0.29, 0.717) is 6.42 Å². The number of piperazine rings is 1. The lowest BCUT2D eigenvalue weighted by atomic mass is 10.0. The Hall–Kier alpha value is -2.04. The van der Waals surface area contributed by atoms with Crippen molar-refractivity contribution >= 4 is 11.8 Å². The fraction of sp³-hybridized carbons (Fsp3) is 0.333. The summed E-state index contributed by atoms with van der Waals surface area (Å²) in [6, 6.07) is 5.56. The van der Waals surface area contributed by atoms with Gasteiger partial charge in [-0.25, -0.2) is 0 Å². The van der Waals surface area contributed by atoms with Gasteiger partial charge in [0.2, 0.25) is 11.8 Å². The monoisotopic (exact) mass is 234 g/mol. The van der Waals surface area contributed by atoms with Gasteiger partial charge in [-0.1, -0.05) is 12.1 Å². The van der Waals surface area contributed by atoms with Crippen LogP contribution >= 0.6 is 0 Å². The second-order valence-corrected chi connectivity index (χ2v) is 4.16. The lowest BCUT2D eigenvalue weighted by molar-refractivity contribution is -0.136. The minimum atomic E-state index is -0.539. The fourth-order valence-electron chi connectivity index (χ4n) is 1.75. The first-order chi connectivity index (χ1) is 8.06. The molecule has 1 fully saturated rings. The third-order valence-electron chi connectivity index (χ3n) is 2.76. The van der Waals surface area contributed by atoms with Gasteiger partial charge in [0.05, 0.1) is 0 Å². The van der Waals surface area contributed by atoms with Crippen molar-refractivity contribution in [3.63, 3.8) is 0 Å². The summed E-state index contributed by atoms with van der Waals surface area (Å²) in [5, 5.41) is 14.4. The van der Waals surface area contributed by atoms with Crippen LogP contribution in [0.2, 0.25) is 0 Å². The molecule has 17 heavy (non-hydrogen) atoms. The van der Waals surface area contributed by atoms with Crippen LogP contribution in [0.1, 0.15) is 12.5 Å². The molecule has 1 aliphatic heterocycles. The quantitative estimate of drug-likeness (QED) is 0.670. The number of hydrogen-bond donors (Lipinski definition) is 3. The molecular weight excluding hydrogens is 220 g/mol. The van der Waals surface area contributed by atoms with E-state index in [1.54, 1.807) is 31.2 Å². The summed E-state index contributed by atoms with van der Waals surface area (Å²) >= 11 is 0. The summed E-state index contributed by atoms with van der Waals surface area (Å²) in [6.45, 7) is 1.64. The molecule has 0 spiro atoms. The number of nitrogens with one attached hydrogen (secondary N) is 2. The molecule has 1 aromatic carbocycles. The molecule has 0 radical (unpaired) electrons. The Morgan fingerprint density at radius 3 is 2.41 bits per heavy atom. The van der Waals surface area contributed by atoms with Gasteiger partial charge in [-0.05, 0) is 24.6 Å². The highest BCUT2D eigenvalue weighted by Crippen LogP contribution is 2.12. The molecule has 1 aromatic rings. The van der Waals surface area contributed by atoms with Crippen LogP contribution in [0.4, 0.5) is 0 Å². The van der Waals surface area contributed by atoms with E-state index in [9.17, 15) is 9.59 Å². The van der Waals surface area contributed by atoms with Gasteiger partial charge in [0, 0.05) is 6.42 Å². The van der Waals surface area contributed by atoms with Crippen molar-refractivity contribution in [2.75, 3.05) is 0 Å². The van der Waals surface area contributed by atoms with Crippen LogP contribution in [0.25, 0.3) is 0 Å². The number of phenols is 1. The molecule has 1 saturated heterocycles. The molecule has 0 aromatic heterocycles. The predicted octanol–water partition coefficient (Wildman–Crippen LogP) is -0.0622. The average molecular weight is 234 g/mol. The summed E-state index contributed by atoms with van der Waals surface area (Å²) in [6.07, 6.45) is 0.421. The molecular formula is C12H14N2O3. The third kappa shape index (κ3) is 2.55. The number of carbonyl (C=O) groups excluding carboxylic acids is 2. The van der Waals surface area contributed by atoms with E-state index in [-0.39, 0.29) is 17.6 Å². The van der Waals surface area contributed by atoms with Crippen LogP contribution in [0.15, 0.2) is 24.3 Å². The molecule has 2 amide bonds. The van der Waals surface area contributed by atoms with Gasteiger partial charge < -0.3 is 15.7 Å². The first kappa shape index (κ1) is 11.4. The molecule has 0 unspecified atom stereocenters. The summed E-state index contributed by atoms with van der Waals surface area (Å²) in [7, 11) is 0. The van der Waals surface area contributed by atoms with E-state index in [1.165, 1.54) is 0 Å². The van der Waals surface area contributed by atoms with E-state index < -0.39 is 12.1 Å². The maximum Gasteiger partial charge on any atom is 0.243 e. The maximum absolute atomic E-state index is 11.6. The van der Waals surface area contributed by atoms with E-state index >= 15 is 0 Å². The van der Waals surface area contributed by atoms with E-state index in [0.717, 1.165) is 5.56 Å². The zero-order valence-electron chi connectivity index (χ0n) is 9.43. The number of amides is 2. The second kappa shape index (κ2) is 4.45. The summed E-state index contributed by atoms with van der Waals surface area (Å²) in [4.78, 5) is 23.1. The Balaban J connectivity index is 2.06. The zero-order chi connectivity index (χ0) is 12.4. The van der Waals surface area contributed by atoms with Crippen molar-refractivity contribution in [3.8, 4) is 5.75 Å². The van der Waals surface area contributed by atoms with E-state index in [4.69, 9.17) is 5.11 Å². The van der Waals surface area contributed by atoms with Crippen molar-refractivity contribution in [1.29, 1.82) is 0 Å². The Labute approximate surface area is 98.8 Å². The first-order valence-corrected chi connectivity index (χ1v) is 5.45. The summed E-state index contributed by atoms with van der Waals surface area (Å²) in [5.41, 5.74) is 0.887. The maximum atomic E-state index is 11.6. The van der Waals surface area contributed by atoms with E-state index in [2.05, 4.69) is 10.6 Å². The van der Waals surface area contributed by atoms with Crippen molar-refractivity contribution < 1.29 is 14.7 Å². The van der Waals surface area contributed by atoms with Gasteiger partial charge in [-0.15, -0.1) is 0 Å². The molecule has 0 bridgehead atoms. The van der Waals surface area contributed by atoms with Gasteiger partial charge >= 0.3 is 0 Å². The summed E-state index contributed by atoms with van der Waals surface area (Å²) in [5.74, 6) is -0.168. The number of rotatable bonds is 2. The SMILES string of the molecule is C[C@@H]1NC(=O)[C@@H](Cc2ccc(O)cc2)NC1=O. The van der Waals surface area contributed by atoms with Gasteiger partial charge in [0.15, 0.2) is 0 Å². The molecule has 1 aliphatic rings. The van der Waals surface area contributed by atoms with E-state index in [1.807, 2.05) is 0 Å². The second-order valence-electron chi connectivity index (χ2n) is 4.16. The van der Waals surface area contributed by atoms with Crippen molar-refractivity contribution in [2.24, 2.45) is 0 Å². The normalized spacial score (nSPS) is 24.1. The van der Waals surface area contributed by atoms with Gasteiger partial charge in [-0.2, -0.15) is 0 Å². The Bertz CT molecular complexity index is 442. The van der Waals surface area contributed by atoms with Crippen molar-refractivity contribution in [1.82, 2.24) is 10.6 Å². The molecule has 0 aliphatic carbocycles. The smallest absolute Gasteiger partial charge is 0.243 e. The molecule has 1 heterocycles. The van der Waals surface area contributed by atoms with Crippen LogP contribution in [0, 0.1) is 0 Å². The van der Waals surface area contributed by atoms with Crippen LogP contribution < -0.4 is 10.6 Å². The lowest BCUT2D eigenvalue weighted by Crippen LogP contribution is -2.61. The predicted molar refractivity (Wildman–Crippen MR) is 61.3 cm³/mol. The number of hydrogen-bond acceptors (Lipinski definition) is 3. The van der Waals surface area contributed by atoms with Crippen molar-refractivity contribution in [3.05, 3.63) is 29.8 Å². The van der Waals surface area contributed by atoms with Crippen molar-refractivity contribution in [2.45, 2.75) is 25.4 Å². The third-order valence-corrected chi connectivity index (χ3v) is 2.76. The van der Waals surface area contributed by atoms with Crippen LogP contribution in [0.5, 0.6) is 5.75 Å². The average Bonchev–Trinajstić information content (AvgIpc) is 2.29. The van der Waals surface area contributed by atoms with Gasteiger partial charge in [0.1, 0.15) is 17.8 Å². The number of benzene rings is 1. The molecule has 90 valence electrons. The molecule has 3 N–H and O–H groups in total. The minimum Gasteiger partial charge on any atom is -0.508 e. The summed E-state index contributed by atoms with van der Waals surface area (Å²) < 4.78 is 0. The van der Waals surface area contributed by atoms with Crippen LogP contribution in [-0.2, 0) is 16.0 Å². The first-order valence-electron chi connectivity index (χ1n) is 5.45. The molecule has 2 rings (SSSR count). The molecule has 5 nitrogen and oxygen atoms in total. The van der Waals surface area contributed by atoms with Gasteiger partial charge in [0.25, 0.3) is 0 Å². The number of aromatic hydroxyl groups is 1. The number of phenolic OH excluding ortho intramolecular Hbond substituents is 1. The number of carbonyl (C=O) groups is 2. The highest BCUT2D eigenvalue weighted by molar-refractivity contribution is 5.96. The Morgan fingerprint density at radius 2 is 1.76 bits per heavy atom. The van der Waals surface area contributed by atoms with Gasteiger partial charge in [-0.3, -0.25) is 9.59 Å². The highest BCUT2D eigenvalue weighted by atomic mass is 16.3. The molecule has 5 heteroatoms. The largest absolute Gasteiger partial charge is 0.508 e. The molecule has 2 atom stereocenters. The standard InChI is InChI=1S/C12H14N2O3/c1-7-11(16)14-10(12(17)13-7)6-8-2-4-9(15)5-3-8/h2-5,7,10,15H,6H2,1H3,(H,13,17)(H,14,16)/t7-,10+/m0/s1. The minimum absolute atomic E-state index is 0.173. The Kier molecular flexibility index (Phi) is 2.99. The lowest BCUT2D eigenvalue weighted by Gasteiger charge is -2.27.